The highest BCUT2D eigenvalue weighted by molar-refractivity contribution is 9.09. The first-order chi connectivity index (χ1) is 5.90. The Balaban J connectivity index is 1.70. The van der Waals surface area contributed by atoms with Crippen molar-refractivity contribution in [1.82, 2.24) is 4.90 Å². The number of alkyl halides is 1. The molecule has 68 valence electrons. The van der Waals surface area contributed by atoms with Gasteiger partial charge in [-0.3, -0.25) is 4.90 Å². The van der Waals surface area contributed by atoms with Gasteiger partial charge in [-0.05, 0) is 25.2 Å². The standard InChI is InChI=1S/C10H16BrN/c11-6-10-8-12(10)7-9-4-2-1-3-5-9/h1-2,9-10H,3-8H2. The van der Waals surface area contributed by atoms with Gasteiger partial charge in [0.2, 0.25) is 0 Å². The molecule has 1 saturated heterocycles. The average Bonchev–Trinajstić information content (AvgIpc) is 2.85. The van der Waals surface area contributed by atoms with Crippen LogP contribution in [0, 0.1) is 5.92 Å². The topological polar surface area (TPSA) is 3.01 Å². The van der Waals surface area contributed by atoms with E-state index in [2.05, 4.69) is 33.0 Å². The number of hydrogen-bond acceptors (Lipinski definition) is 1. The van der Waals surface area contributed by atoms with Gasteiger partial charge in [0, 0.05) is 24.5 Å². The molecule has 2 rings (SSSR count). The molecular weight excluding hydrogens is 214 g/mol. The molecule has 3 atom stereocenters. The fourth-order valence-corrected chi connectivity index (χ4v) is 2.56. The molecule has 0 aromatic carbocycles. The largest absolute Gasteiger partial charge is 0.296 e. The molecule has 1 nitrogen and oxygen atoms in total. The molecule has 1 heterocycles. The number of allylic oxidation sites excluding steroid dienone is 2. The lowest BCUT2D eigenvalue weighted by Gasteiger charge is -2.18. The summed E-state index contributed by atoms with van der Waals surface area (Å²) >= 11 is 3.53. The number of halogens is 1. The van der Waals surface area contributed by atoms with E-state index >= 15 is 0 Å². The third-order valence-electron chi connectivity index (χ3n) is 2.88. The molecule has 3 unspecified atom stereocenters. The number of nitrogens with zero attached hydrogens (tertiary/aromatic N) is 1. The van der Waals surface area contributed by atoms with Gasteiger partial charge in [0.15, 0.2) is 0 Å². The Bertz CT molecular complexity index is 179. The minimum absolute atomic E-state index is 0.857. The van der Waals surface area contributed by atoms with E-state index in [1.807, 2.05) is 0 Å². The van der Waals surface area contributed by atoms with Gasteiger partial charge in [-0.2, -0.15) is 0 Å². The maximum Gasteiger partial charge on any atom is 0.0321 e. The molecule has 0 bridgehead atoms. The second kappa shape index (κ2) is 3.93. The third-order valence-corrected chi connectivity index (χ3v) is 3.62. The summed E-state index contributed by atoms with van der Waals surface area (Å²) in [7, 11) is 0. The summed E-state index contributed by atoms with van der Waals surface area (Å²) in [4.78, 5) is 2.58. The summed E-state index contributed by atoms with van der Waals surface area (Å²) in [5.41, 5.74) is 0. The van der Waals surface area contributed by atoms with E-state index in [4.69, 9.17) is 0 Å². The van der Waals surface area contributed by atoms with E-state index in [1.165, 1.54) is 32.4 Å². The maximum atomic E-state index is 3.53. The van der Waals surface area contributed by atoms with Crippen LogP contribution in [0.5, 0.6) is 0 Å². The average molecular weight is 230 g/mol. The van der Waals surface area contributed by atoms with Crippen molar-refractivity contribution in [3.63, 3.8) is 0 Å². The molecule has 0 spiro atoms. The van der Waals surface area contributed by atoms with Crippen molar-refractivity contribution in [1.29, 1.82) is 0 Å². The van der Waals surface area contributed by atoms with Crippen LogP contribution >= 0.6 is 15.9 Å². The Hall–Kier alpha value is 0.180. The highest BCUT2D eigenvalue weighted by atomic mass is 79.9. The minimum Gasteiger partial charge on any atom is -0.296 e. The lowest BCUT2D eigenvalue weighted by molar-refractivity contribution is 0.368. The molecule has 2 heteroatoms. The van der Waals surface area contributed by atoms with Crippen molar-refractivity contribution in [2.75, 3.05) is 18.4 Å². The van der Waals surface area contributed by atoms with Crippen molar-refractivity contribution in [2.24, 2.45) is 5.92 Å². The quantitative estimate of drug-likeness (QED) is 0.409. The minimum atomic E-state index is 0.857. The summed E-state index contributed by atoms with van der Waals surface area (Å²) in [6.45, 7) is 2.66. The molecule has 12 heavy (non-hydrogen) atoms. The third kappa shape index (κ3) is 2.11. The van der Waals surface area contributed by atoms with Crippen LogP contribution in [0.1, 0.15) is 19.3 Å². The Morgan fingerprint density at radius 2 is 2.33 bits per heavy atom. The monoisotopic (exact) mass is 229 g/mol. The fraction of sp³-hybridized carbons (Fsp3) is 0.800. The summed E-state index contributed by atoms with van der Waals surface area (Å²) in [5.74, 6) is 0.944. The van der Waals surface area contributed by atoms with Crippen LogP contribution in [0.2, 0.25) is 0 Å². The lowest BCUT2D eigenvalue weighted by Crippen LogP contribution is -2.16. The molecule has 2 aliphatic rings. The first-order valence-corrected chi connectivity index (χ1v) is 5.97. The maximum absolute atomic E-state index is 3.53. The SMILES string of the molecule is BrCC1CN1CC1CC=CCC1. The van der Waals surface area contributed by atoms with Crippen LogP contribution in [0.4, 0.5) is 0 Å². The normalized spacial score (nSPS) is 39.9. The van der Waals surface area contributed by atoms with Gasteiger partial charge in [-0.25, -0.2) is 0 Å². The fourth-order valence-electron chi connectivity index (χ4n) is 1.95. The van der Waals surface area contributed by atoms with Crippen molar-refractivity contribution in [3.8, 4) is 0 Å². The van der Waals surface area contributed by atoms with Gasteiger partial charge in [0.1, 0.15) is 0 Å². The van der Waals surface area contributed by atoms with Crippen LogP contribution < -0.4 is 0 Å². The van der Waals surface area contributed by atoms with E-state index in [0.29, 0.717) is 0 Å². The van der Waals surface area contributed by atoms with Crippen LogP contribution in [0.15, 0.2) is 12.2 Å². The first kappa shape index (κ1) is 8.76. The van der Waals surface area contributed by atoms with E-state index in [1.54, 1.807) is 0 Å². The van der Waals surface area contributed by atoms with E-state index in [9.17, 15) is 0 Å². The highest BCUT2D eigenvalue weighted by Gasteiger charge is 2.33. The summed E-state index contributed by atoms with van der Waals surface area (Å²) in [6.07, 6.45) is 8.69. The Labute approximate surface area is 82.9 Å². The summed E-state index contributed by atoms with van der Waals surface area (Å²) < 4.78 is 0. The molecule has 1 aliphatic carbocycles. The van der Waals surface area contributed by atoms with Gasteiger partial charge < -0.3 is 0 Å². The van der Waals surface area contributed by atoms with Crippen molar-refractivity contribution < 1.29 is 0 Å². The molecular formula is C10H16BrN. The smallest absolute Gasteiger partial charge is 0.0321 e. The zero-order valence-electron chi connectivity index (χ0n) is 7.38. The Kier molecular flexibility index (Phi) is 2.87. The van der Waals surface area contributed by atoms with E-state index < -0.39 is 0 Å². The zero-order chi connectivity index (χ0) is 8.39. The Morgan fingerprint density at radius 3 is 2.92 bits per heavy atom. The van der Waals surface area contributed by atoms with Gasteiger partial charge in [0.05, 0.1) is 0 Å². The predicted molar refractivity (Wildman–Crippen MR) is 55.6 cm³/mol. The lowest BCUT2D eigenvalue weighted by atomic mass is 9.94. The number of rotatable bonds is 3. The zero-order valence-corrected chi connectivity index (χ0v) is 8.96. The molecule has 0 aromatic heterocycles. The van der Waals surface area contributed by atoms with Gasteiger partial charge in [-0.15, -0.1) is 0 Å². The van der Waals surface area contributed by atoms with E-state index in [-0.39, 0.29) is 0 Å². The van der Waals surface area contributed by atoms with Crippen molar-refractivity contribution in [2.45, 2.75) is 25.3 Å². The molecule has 0 amide bonds. The summed E-state index contributed by atoms with van der Waals surface area (Å²) in [5, 5.41) is 1.16. The second-order valence-electron chi connectivity index (χ2n) is 3.91. The number of hydrogen-bond donors (Lipinski definition) is 0. The Morgan fingerprint density at radius 1 is 1.42 bits per heavy atom. The molecule has 0 aromatic rings. The van der Waals surface area contributed by atoms with Gasteiger partial charge in [0.25, 0.3) is 0 Å². The van der Waals surface area contributed by atoms with E-state index in [0.717, 1.165) is 17.3 Å². The van der Waals surface area contributed by atoms with Gasteiger partial charge >= 0.3 is 0 Å². The second-order valence-corrected chi connectivity index (χ2v) is 4.56. The van der Waals surface area contributed by atoms with Crippen LogP contribution in [-0.2, 0) is 0 Å². The van der Waals surface area contributed by atoms with Crippen LogP contribution in [0.3, 0.4) is 0 Å². The highest BCUT2D eigenvalue weighted by Crippen LogP contribution is 2.26. The van der Waals surface area contributed by atoms with Crippen LogP contribution in [0.25, 0.3) is 0 Å². The van der Waals surface area contributed by atoms with Crippen molar-refractivity contribution >= 4 is 15.9 Å². The van der Waals surface area contributed by atoms with Crippen molar-refractivity contribution in [3.05, 3.63) is 12.2 Å². The molecule has 1 fully saturated rings. The summed E-state index contributed by atoms with van der Waals surface area (Å²) in [6, 6.07) is 0.857. The first-order valence-electron chi connectivity index (χ1n) is 4.85. The molecule has 0 N–H and O–H groups in total. The molecule has 0 radical (unpaired) electrons. The van der Waals surface area contributed by atoms with Crippen LogP contribution in [-0.4, -0.2) is 29.4 Å². The molecule has 0 saturated carbocycles. The molecule has 1 aliphatic heterocycles. The predicted octanol–water partition coefficient (Wildman–Crippen LogP) is 2.42. The van der Waals surface area contributed by atoms with Gasteiger partial charge in [-0.1, -0.05) is 28.1 Å².